The van der Waals surface area contributed by atoms with E-state index in [2.05, 4.69) is 5.32 Å². The average molecular weight is 267 g/mol. The lowest BCUT2D eigenvalue weighted by molar-refractivity contribution is -0.183. The number of halogens is 3. The van der Waals surface area contributed by atoms with Gasteiger partial charge in [0.05, 0.1) is 11.5 Å². The van der Waals surface area contributed by atoms with E-state index in [9.17, 15) is 13.2 Å². The van der Waals surface area contributed by atoms with Gasteiger partial charge >= 0.3 is 6.18 Å². The molecule has 0 bridgehead atoms. The Morgan fingerprint density at radius 3 is 2.00 bits per heavy atom. The van der Waals surface area contributed by atoms with E-state index in [1.165, 1.54) is 0 Å². The fraction of sp³-hybridized carbons (Fsp3) is 1.00. The summed E-state index contributed by atoms with van der Waals surface area (Å²) in [6, 6.07) is 0.294. The number of alkyl halides is 3. The fourth-order valence-electron chi connectivity index (χ4n) is 2.32. The standard InChI is InChI=1S/C13H24F3NO/c1-9(12(2,3)18-4)17-11-7-5-10(6-8-11)13(14,15)16/h9-11,17H,5-8H2,1-4H3. The molecule has 1 rings (SSSR count). The molecule has 108 valence electrons. The Bertz CT molecular complexity index is 257. The third-order valence-corrected chi connectivity index (χ3v) is 4.24. The van der Waals surface area contributed by atoms with Gasteiger partial charge in [0, 0.05) is 19.2 Å². The van der Waals surface area contributed by atoms with Gasteiger partial charge in [-0.25, -0.2) is 0 Å². The van der Waals surface area contributed by atoms with E-state index in [0.29, 0.717) is 12.8 Å². The lowest BCUT2D eigenvalue weighted by atomic mass is 9.84. The topological polar surface area (TPSA) is 21.3 Å². The van der Waals surface area contributed by atoms with Crippen LogP contribution in [0, 0.1) is 5.92 Å². The summed E-state index contributed by atoms with van der Waals surface area (Å²) in [6.45, 7) is 5.97. The van der Waals surface area contributed by atoms with Gasteiger partial charge in [-0.15, -0.1) is 0 Å². The van der Waals surface area contributed by atoms with Crippen molar-refractivity contribution in [3.05, 3.63) is 0 Å². The van der Waals surface area contributed by atoms with Gasteiger partial charge in [0.15, 0.2) is 0 Å². The molecule has 0 aromatic heterocycles. The third kappa shape index (κ3) is 4.12. The minimum atomic E-state index is -4.03. The molecule has 1 aliphatic carbocycles. The first-order valence-corrected chi connectivity index (χ1v) is 6.54. The van der Waals surface area contributed by atoms with Crippen molar-refractivity contribution < 1.29 is 17.9 Å². The first kappa shape index (κ1) is 15.8. The van der Waals surface area contributed by atoms with Crippen LogP contribution in [0.15, 0.2) is 0 Å². The Hall–Kier alpha value is -0.290. The van der Waals surface area contributed by atoms with Gasteiger partial charge in [0.25, 0.3) is 0 Å². The predicted molar refractivity (Wildman–Crippen MR) is 65.5 cm³/mol. The van der Waals surface area contributed by atoms with E-state index in [0.717, 1.165) is 0 Å². The summed E-state index contributed by atoms with van der Waals surface area (Å²) in [5.74, 6) is -1.11. The minimum absolute atomic E-state index is 0.120. The first-order valence-electron chi connectivity index (χ1n) is 6.54. The molecule has 1 saturated carbocycles. The lowest BCUT2D eigenvalue weighted by Gasteiger charge is -2.37. The molecule has 0 spiro atoms. The number of hydrogen-bond donors (Lipinski definition) is 1. The maximum absolute atomic E-state index is 12.5. The molecule has 0 heterocycles. The molecule has 0 aromatic carbocycles. The summed E-state index contributed by atoms with van der Waals surface area (Å²) >= 11 is 0. The summed E-state index contributed by atoms with van der Waals surface area (Å²) in [4.78, 5) is 0. The monoisotopic (exact) mass is 267 g/mol. The average Bonchev–Trinajstić information content (AvgIpc) is 2.28. The highest BCUT2D eigenvalue weighted by molar-refractivity contribution is 4.87. The summed E-state index contributed by atoms with van der Waals surface area (Å²) in [6.07, 6.45) is -2.37. The van der Waals surface area contributed by atoms with Crippen LogP contribution in [0.4, 0.5) is 13.2 Å². The zero-order valence-corrected chi connectivity index (χ0v) is 11.6. The van der Waals surface area contributed by atoms with Crippen LogP contribution in [0.2, 0.25) is 0 Å². The Kier molecular flexibility index (Phi) is 5.06. The van der Waals surface area contributed by atoms with E-state index in [1.54, 1.807) is 7.11 Å². The molecule has 2 nitrogen and oxygen atoms in total. The van der Waals surface area contributed by atoms with Crippen molar-refractivity contribution >= 4 is 0 Å². The van der Waals surface area contributed by atoms with Gasteiger partial charge in [-0.3, -0.25) is 0 Å². The van der Waals surface area contributed by atoms with Crippen molar-refractivity contribution in [3.8, 4) is 0 Å². The zero-order chi connectivity index (χ0) is 14.0. The van der Waals surface area contributed by atoms with E-state index in [4.69, 9.17) is 4.74 Å². The molecular formula is C13H24F3NO. The molecular weight excluding hydrogens is 243 g/mol. The normalized spacial score (nSPS) is 28.2. The van der Waals surface area contributed by atoms with Crippen LogP contribution < -0.4 is 5.32 Å². The molecule has 1 N–H and O–H groups in total. The first-order chi connectivity index (χ1) is 8.16. The van der Waals surface area contributed by atoms with Crippen molar-refractivity contribution in [1.29, 1.82) is 0 Å². The fourth-order valence-corrected chi connectivity index (χ4v) is 2.32. The Labute approximate surface area is 107 Å². The molecule has 0 aliphatic heterocycles. The van der Waals surface area contributed by atoms with Crippen LogP contribution in [0.3, 0.4) is 0 Å². The van der Waals surface area contributed by atoms with Crippen molar-refractivity contribution in [3.63, 3.8) is 0 Å². The molecule has 0 aromatic rings. The summed E-state index contributed by atoms with van der Waals surface area (Å²) in [5, 5.41) is 3.39. The number of nitrogens with one attached hydrogen (secondary N) is 1. The quantitative estimate of drug-likeness (QED) is 0.841. The molecule has 0 amide bonds. The van der Waals surface area contributed by atoms with Crippen molar-refractivity contribution in [2.75, 3.05) is 7.11 Å². The summed E-state index contributed by atoms with van der Waals surface area (Å²) < 4.78 is 43.0. The van der Waals surface area contributed by atoms with E-state index in [1.807, 2.05) is 20.8 Å². The second-order valence-electron chi connectivity index (χ2n) is 5.79. The second-order valence-corrected chi connectivity index (χ2v) is 5.79. The van der Waals surface area contributed by atoms with Crippen LogP contribution in [0.5, 0.6) is 0 Å². The SMILES string of the molecule is COC(C)(C)C(C)NC1CCC(C(F)(F)F)CC1. The van der Waals surface area contributed by atoms with Gasteiger partial charge in [-0.1, -0.05) is 0 Å². The van der Waals surface area contributed by atoms with Gasteiger partial charge in [-0.05, 0) is 46.5 Å². The maximum Gasteiger partial charge on any atom is 0.391 e. The van der Waals surface area contributed by atoms with Gasteiger partial charge in [-0.2, -0.15) is 13.2 Å². The van der Waals surface area contributed by atoms with Crippen LogP contribution >= 0.6 is 0 Å². The predicted octanol–water partition coefficient (Wildman–Crippen LogP) is 3.51. The molecule has 0 radical (unpaired) electrons. The molecule has 1 unspecified atom stereocenters. The largest absolute Gasteiger partial charge is 0.391 e. The van der Waals surface area contributed by atoms with E-state index < -0.39 is 12.1 Å². The second kappa shape index (κ2) is 5.78. The molecule has 0 saturated heterocycles. The van der Waals surface area contributed by atoms with Crippen LogP contribution in [0.25, 0.3) is 0 Å². The van der Waals surface area contributed by atoms with Gasteiger partial charge in [0.2, 0.25) is 0 Å². The molecule has 1 aliphatic rings. The smallest absolute Gasteiger partial charge is 0.377 e. The number of ether oxygens (including phenoxy) is 1. The Morgan fingerprint density at radius 1 is 1.11 bits per heavy atom. The van der Waals surface area contributed by atoms with E-state index >= 15 is 0 Å². The zero-order valence-electron chi connectivity index (χ0n) is 11.6. The van der Waals surface area contributed by atoms with Crippen LogP contribution in [-0.4, -0.2) is 31.0 Å². The van der Waals surface area contributed by atoms with Crippen molar-refractivity contribution in [2.45, 2.75) is 70.3 Å². The highest BCUT2D eigenvalue weighted by Gasteiger charge is 2.41. The Balaban J connectivity index is 2.41. The molecule has 1 atom stereocenters. The van der Waals surface area contributed by atoms with Crippen LogP contribution in [-0.2, 0) is 4.74 Å². The number of rotatable bonds is 4. The van der Waals surface area contributed by atoms with Gasteiger partial charge < -0.3 is 10.1 Å². The molecule has 5 heteroatoms. The van der Waals surface area contributed by atoms with Crippen LogP contribution in [0.1, 0.15) is 46.5 Å². The highest BCUT2D eigenvalue weighted by Crippen LogP contribution is 2.37. The van der Waals surface area contributed by atoms with Crippen molar-refractivity contribution in [2.24, 2.45) is 5.92 Å². The Morgan fingerprint density at radius 2 is 1.61 bits per heavy atom. The van der Waals surface area contributed by atoms with E-state index in [-0.39, 0.29) is 30.5 Å². The molecule has 18 heavy (non-hydrogen) atoms. The summed E-state index contributed by atoms with van der Waals surface area (Å²) in [5.41, 5.74) is -0.305. The molecule has 1 fully saturated rings. The maximum atomic E-state index is 12.5. The summed E-state index contributed by atoms with van der Waals surface area (Å²) in [7, 11) is 1.65. The minimum Gasteiger partial charge on any atom is -0.377 e. The number of methoxy groups -OCH3 is 1. The number of hydrogen-bond acceptors (Lipinski definition) is 2. The van der Waals surface area contributed by atoms with Crippen molar-refractivity contribution in [1.82, 2.24) is 5.32 Å². The third-order valence-electron chi connectivity index (χ3n) is 4.24. The van der Waals surface area contributed by atoms with Gasteiger partial charge in [0.1, 0.15) is 0 Å². The lowest BCUT2D eigenvalue weighted by Crippen LogP contribution is -2.51. The highest BCUT2D eigenvalue weighted by atomic mass is 19.4.